The van der Waals surface area contributed by atoms with Crippen molar-refractivity contribution in [3.8, 4) is 5.75 Å². The van der Waals surface area contributed by atoms with Crippen molar-refractivity contribution in [2.24, 2.45) is 0 Å². The van der Waals surface area contributed by atoms with Gasteiger partial charge in [0.2, 0.25) is 0 Å². The lowest BCUT2D eigenvalue weighted by Gasteiger charge is -2.25. The monoisotopic (exact) mass is 351 g/mol. The van der Waals surface area contributed by atoms with E-state index in [1.807, 2.05) is 61.5 Å². The number of fused-ring (bicyclic) bond motifs is 1. The number of nitrogens with zero attached hydrogens (tertiary/aromatic N) is 1. The molecule has 5 nitrogen and oxygen atoms in total. The predicted octanol–water partition coefficient (Wildman–Crippen LogP) is 3.23. The smallest absolute Gasteiger partial charge is 0.338 e. The highest BCUT2D eigenvalue weighted by molar-refractivity contribution is 5.96. The summed E-state index contributed by atoms with van der Waals surface area (Å²) in [6.45, 7) is 1.77. The van der Waals surface area contributed by atoms with Gasteiger partial charge < -0.3 is 14.4 Å². The third-order valence-corrected chi connectivity index (χ3v) is 4.48. The summed E-state index contributed by atoms with van der Waals surface area (Å²) in [5, 5.41) is 0. The van der Waals surface area contributed by atoms with Gasteiger partial charge in [-0.05, 0) is 24.6 Å². The molecule has 5 heteroatoms. The maximum Gasteiger partial charge on any atom is 0.338 e. The van der Waals surface area contributed by atoms with Gasteiger partial charge in [-0.25, -0.2) is 4.79 Å². The second kappa shape index (κ2) is 7.87. The molecule has 0 bridgehead atoms. The number of esters is 1. The largest absolute Gasteiger partial charge is 0.488 e. The number of rotatable bonds is 5. The summed E-state index contributed by atoms with van der Waals surface area (Å²) < 4.78 is 10.7. The second-order valence-electron chi connectivity index (χ2n) is 6.16. The van der Waals surface area contributed by atoms with Crippen LogP contribution >= 0.6 is 0 Å². The van der Waals surface area contributed by atoms with Crippen molar-refractivity contribution in [2.75, 3.05) is 20.3 Å². The molecule has 3 rings (SSSR count). The summed E-state index contributed by atoms with van der Waals surface area (Å²) in [5.41, 5.74) is 2.25. The Kier molecular flexibility index (Phi) is 5.37. The van der Waals surface area contributed by atoms with Crippen LogP contribution in [-0.2, 0) is 14.3 Å². The molecular weight excluding hydrogens is 330 g/mol. The molecular formula is C21H21NO4. The normalized spacial score (nSPS) is 13.7. The quantitative estimate of drug-likeness (QED) is 0.776. The van der Waals surface area contributed by atoms with Gasteiger partial charge in [0.05, 0.1) is 11.6 Å². The van der Waals surface area contributed by atoms with Crippen molar-refractivity contribution < 1.29 is 19.1 Å². The third kappa shape index (κ3) is 3.94. The SMILES string of the molecule is CC(c1ccccc1)N(C)C(=O)COC(=O)C1=Cc2ccccc2OC1. The first kappa shape index (κ1) is 17.7. The zero-order chi connectivity index (χ0) is 18.5. The van der Waals surface area contributed by atoms with Crippen molar-refractivity contribution in [3.05, 3.63) is 71.3 Å². The van der Waals surface area contributed by atoms with E-state index in [1.165, 1.54) is 0 Å². The van der Waals surface area contributed by atoms with Gasteiger partial charge in [-0.3, -0.25) is 4.79 Å². The van der Waals surface area contributed by atoms with Gasteiger partial charge in [0.1, 0.15) is 12.4 Å². The first-order valence-corrected chi connectivity index (χ1v) is 8.46. The van der Waals surface area contributed by atoms with Crippen molar-refractivity contribution in [1.29, 1.82) is 0 Å². The van der Waals surface area contributed by atoms with Crippen LogP contribution in [0.2, 0.25) is 0 Å². The van der Waals surface area contributed by atoms with Crippen LogP contribution in [0.4, 0.5) is 0 Å². The summed E-state index contributed by atoms with van der Waals surface area (Å²) in [6, 6.07) is 17.1. The van der Waals surface area contributed by atoms with Gasteiger partial charge in [-0.2, -0.15) is 0 Å². The first-order valence-electron chi connectivity index (χ1n) is 8.46. The molecule has 0 aromatic heterocycles. The molecule has 2 aromatic carbocycles. The number of carbonyl (C=O) groups excluding carboxylic acids is 2. The van der Waals surface area contributed by atoms with E-state index < -0.39 is 5.97 Å². The molecule has 0 N–H and O–H groups in total. The van der Waals surface area contributed by atoms with Gasteiger partial charge in [-0.1, -0.05) is 48.5 Å². The lowest BCUT2D eigenvalue weighted by molar-refractivity contribution is -0.149. The zero-order valence-corrected chi connectivity index (χ0v) is 14.8. The molecule has 0 saturated carbocycles. The number of hydrogen-bond donors (Lipinski definition) is 0. The average molecular weight is 351 g/mol. The maximum absolute atomic E-state index is 12.3. The number of benzene rings is 2. The topological polar surface area (TPSA) is 55.8 Å². The van der Waals surface area contributed by atoms with Crippen LogP contribution in [0.5, 0.6) is 5.75 Å². The minimum absolute atomic E-state index is 0.105. The molecule has 0 fully saturated rings. The van der Waals surface area contributed by atoms with E-state index in [2.05, 4.69) is 0 Å². The van der Waals surface area contributed by atoms with Crippen molar-refractivity contribution in [1.82, 2.24) is 4.90 Å². The van der Waals surface area contributed by atoms with Crippen LogP contribution in [0, 0.1) is 0 Å². The molecule has 1 amide bonds. The van der Waals surface area contributed by atoms with E-state index in [-0.39, 0.29) is 25.2 Å². The summed E-state index contributed by atoms with van der Waals surface area (Å²) in [4.78, 5) is 26.1. The number of amides is 1. The fourth-order valence-electron chi connectivity index (χ4n) is 2.73. The molecule has 1 heterocycles. The van der Waals surface area contributed by atoms with Gasteiger partial charge in [0.25, 0.3) is 5.91 Å². The van der Waals surface area contributed by atoms with Crippen molar-refractivity contribution >= 4 is 18.0 Å². The Hall–Kier alpha value is -3.08. The van der Waals surface area contributed by atoms with E-state index in [9.17, 15) is 9.59 Å². The summed E-state index contributed by atoms with van der Waals surface area (Å²) >= 11 is 0. The van der Waals surface area contributed by atoms with E-state index in [4.69, 9.17) is 9.47 Å². The fraction of sp³-hybridized carbons (Fsp3) is 0.238. The number of likely N-dealkylation sites (N-methyl/N-ethyl adjacent to an activating group) is 1. The van der Waals surface area contributed by atoms with Crippen LogP contribution in [-0.4, -0.2) is 37.0 Å². The first-order chi connectivity index (χ1) is 12.6. The fourth-order valence-corrected chi connectivity index (χ4v) is 2.73. The Morgan fingerprint density at radius 3 is 2.58 bits per heavy atom. The molecule has 26 heavy (non-hydrogen) atoms. The van der Waals surface area contributed by atoms with E-state index in [1.54, 1.807) is 18.0 Å². The highest BCUT2D eigenvalue weighted by Crippen LogP contribution is 2.26. The Balaban J connectivity index is 1.58. The minimum atomic E-state index is -0.534. The molecule has 0 radical (unpaired) electrons. The second-order valence-corrected chi connectivity index (χ2v) is 6.16. The zero-order valence-electron chi connectivity index (χ0n) is 14.8. The highest BCUT2D eigenvalue weighted by atomic mass is 16.5. The molecule has 134 valence electrons. The average Bonchev–Trinajstić information content (AvgIpc) is 2.70. The molecule has 0 aliphatic carbocycles. The Morgan fingerprint density at radius 1 is 1.12 bits per heavy atom. The minimum Gasteiger partial charge on any atom is -0.488 e. The van der Waals surface area contributed by atoms with Crippen LogP contribution in [0.1, 0.15) is 24.1 Å². The number of para-hydroxylation sites is 1. The Labute approximate surface area is 152 Å². The summed E-state index contributed by atoms with van der Waals surface area (Å²) in [6.07, 6.45) is 1.74. The number of hydrogen-bond acceptors (Lipinski definition) is 4. The lowest BCUT2D eigenvalue weighted by atomic mass is 10.1. The molecule has 0 saturated heterocycles. The summed E-state index contributed by atoms with van der Waals surface area (Å²) in [5.74, 6) is -0.0578. The Morgan fingerprint density at radius 2 is 1.81 bits per heavy atom. The van der Waals surface area contributed by atoms with Crippen LogP contribution in [0.25, 0.3) is 6.08 Å². The van der Waals surface area contributed by atoms with Gasteiger partial charge in [0, 0.05) is 12.6 Å². The van der Waals surface area contributed by atoms with Gasteiger partial charge in [-0.15, -0.1) is 0 Å². The molecule has 1 aliphatic heterocycles. The standard InChI is InChI=1S/C21H21NO4/c1-15(16-8-4-3-5-9-16)22(2)20(23)14-26-21(24)18-12-17-10-6-7-11-19(17)25-13-18/h3-12,15H,13-14H2,1-2H3. The number of ether oxygens (including phenoxy) is 2. The third-order valence-electron chi connectivity index (χ3n) is 4.48. The molecule has 1 atom stereocenters. The van der Waals surface area contributed by atoms with Crippen LogP contribution < -0.4 is 4.74 Å². The van der Waals surface area contributed by atoms with E-state index in [0.29, 0.717) is 5.57 Å². The predicted molar refractivity (Wildman–Crippen MR) is 98.5 cm³/mol. The summed E-state index contributed by atoms with van der Waals surface area (Å²) in [7, 11) is 1.70. The molecule has 0 spiro atoms. The lowest BCUT2D eigenvalue weighted by Crippen LogP contribution is -2.34. The van der Waals surface area contributed by atoms with Gasteiger partial charge in [0.15, 0.2) is 6.61 Å². The van der Waals surface area contributed by atoms with Crippen molar-refractivity contribution in [2.45, 2.75) is 13.0 Å². The molecule has 2 aromatic rings. The molecule has 1 aliphatic rings. The highest BCUT2D eigenvalue weighted by Gasteiger charge is 2.22. The van der Waals surface area contributed by atoms with Crippen LogP contribution in [0.15, 0.2) is 60.2 Å². The van der Waals surface area contributed by atoms with E-state index in [0.717, 1.165) is 16.9 Å². The Bertz CT molecular complexity index is 829. The van der Waals surface area contributed by atoms with Gasteiger partial charge >= 0.3 is 5.97 Å². The van der Waals surface area contributed by atoms with Crippen molar-refractivity contribution in [3.63, 3.8) is 0 Å². The molecule has 1 unspecified atom stereocenters. The van der Waals surface area contributed by atoms with Crippen LogP contribution in [0.3, 0.4) is 0 Å². The maximum atomic E-state index is 12.3. The number of carbonyl (C=O) groups is 2. The van der Waals surface area contributed by atoms with E-state index >= 15 is 0 Å².